The van der Waals surface area contributed by atoms with Gasteiger partial charge in [-0.05, 0) is 12.8 Å². The van der Waals surface area contributed by atoms with Crippen molar-refractivity contribution < 1.29 is 9.90 Å². The predicted molar refractivity (Wildman–Crippen MR) is 90.7 cm³/mol. The molecule has 8 nitrogen and oxygen atoms in total. The molecule has 0 bridgehead atoms. The molecule has 0 saturated heterocycles. The number of nitrogens with zero attached hydrogens (tertiary/aromatic N) is 5. The van der Waals surface area contributed by atoms with E-state index in [1.807, 2.05) is 30.3 Å². The lowest BCUT2D eigenvalue weighted by Gasteiger charge is -2.05. The van der Waals surface area contributed by atoms with Gasteiger partial charge in [0.2, 0.25) is 0 Å². The third kappa shape index (κ3) is 3.72. The van der Waals surface area contributed by atoms with Crippen molar-refractivity contribution in [2.45, 2.75) is 31.5 Å². The van der Waals surface area contributed by atoms with E-state index in [0.29, 0.717) is 11.6 Å². The fourth-order valence-electron chi connectivity index (χ4n) is 2.35. The van der Waals surface area contributed by atoms with Crippen molar-refractivity contribution in [1.29, 1.82) is 0 Å². The average Bonchev–Trinajstić information content (AvgIpc) is 3.05. The molecule has 0 aliphatic heterocycles. The zero-order valence-electron chi connectivity index (χ0n) is 13.3. The maximum atomic E-state index is 12.2. The van der Waals surface area contributed by atoms with Crippen molar-refractivity contribution in [2.24, 2.45) is 0 Å². The smallest absolute Gasteiger partial charge is 0.273 e. The molecule has 0 atom stereocenters. The third-order valence-corrected chi connectivity index (χ3v) is 4.91. The zero-order valence-corrected chi connectivity index (χ0v) is 14.1. The van der Waals surface area contributed by atoms with Gasteiger partial charge in [-0.25, -0.2) is 4.68 Å². The van der Waals surface area contributed by atoms with E-state index in [1.165, 1.54) is 16.0 Å². The molecule has 3 aromatic rings. The average molecular weight is 356 g/mol. The minimum Gasteiger partial charge on any atom is -0.388 e. The first-order chi connectivity index (χ1) is 12.1. The van der Waals surface area contributed by atoms with Crippen LogP contribution < -0.4 is 5.32 Å². The van der Waals surface area contributed by atoms with E-state index in [1.54, 1.807) is 6.20 Å². The Balaban J connectivity index is 1.35. The topological polar surface area (TPSA) is 106 Å². The Bertz CT molecular complexity index is 887. The molecule has 9 heteroatoms. The monoisotopic (exact) mass is 356 g/mol. The molecule has 1 aromatic carbocycles. The molecule has 25 heavy (non-hydrogen) atoms. The largest absolute Gasteiger partial charge is 0.388 e. The Morgan fingerprint density at radius 2 is 2.04 bits per heavy atom. The highest BCUT2D eigenvalue weighted by Crippen LogP contribution is 2.36. The molecule has 0 radical (unpaired) electrons. The van der Waals surface area contributed by atoms with E-state index in [0.717, 1.165) is 23.4 Å². The van der Waals surface area contributed by atoms with E-state index < -0.39 is 5.60 Å². The highest BCUT2D eigenvalue weighted by molar-refractivity contribution is 7.14. The lowest BCUT2D eigenvalue weighted by Crippen LogP contribution is -2.23. The molecule has 128 valence electrons. The third-order valence-electron chi connectivity index (χ3n) is 3.94. The molecule has 1 saturated carbocycles. The molecule has 1 aliphatic carbocycles. The minimum absolute atomic E-state index is 0.219. The normalized spacial score (nSPS) is 15.1. The number of rotatable bonds is 6. The number of aromatic nitrogens is 5. The molecule has 1 aliphatic rings. The molecule has 0 spiro atoms. The SMILES string of the molecule is O=C(NCc1nnc(-c2ccccc2)s1)c1cn(CC2(O)CC2)nn1. The fourth-order valence-corrected chi connectivity index (χ4v) is 3.14. The molecule has 2 heterocycles. The van der Waals surface area contributed by atoms with Crippen LogP contribution >= 0.6 is 11.3 Å². The van der Waals surface area contributed by atoms with Gasteiger partial charge < -0.3 is 10.4 Å². The van der Waals surface area contributed by atoms with Crippen LogP contribution in [0.3, 0.4) is 0 Å². The molecule has 1 fully saturated rings. The Morgan fingerprint density at radius 1 is 1.24 bits per heavy atom. The zero-order chi connectivity index (χ0) is 17.3. The Kier molecular flexibility index (Phi) is 4.02. The quantitative estimate of drug-likeness (QED) is 0.689. The Hall–Kier alpha value is -2.65. The second-order valence-corrected chi connectivity index (χ2v) is 7.14. The Labute approximate surface area is 147 Å². The number of amides is 1. The van der Waals surface area contributed by atoms with Crippen molar-refractivity contribution in [3.63, 3.8) is 0 Å². The Morgan fingerprint density at radius 3 is 2.80 bits per heavy atom. The summed E-state index contributed by atoms with van der Waals surface area (Å²) in [7, 11) is 0. The minimum atomic E-state index is -0.679. The van der Waals surface area contributed by atoms with Gasteiger partial charge in [-0.3, -0.25) is 4.79 Å². The number of hydrogen-bond donors (Lipinski definition) is 2. The fraction of sp³-hybridized carbons (Fsp3) is 0.312. The maximum Gasteiger partial charge on any atom is 0.273 e. The van der Waals surface area contributed by atoms with Crippen molar-refractivity contribution in [1.82, 2.24) is 30.5 Å². The van der Waals surface area contributed by atoms with E-state index in [-0.39, 0.29) is 18.1 Å². The maximum absolute atomic E-state index is 12.2. The van der Waals surface area contributed by atoms with E-state index in [9.17, 15) is 9.90 Å². The van der Waals surface area contributed by atoms with Crippen molar-refractivity contribution in [3.05, 3.63) is 47.2 Å². The van der Waals surface area contributed by atoms with Gasteiger partial charge in [0.05, 0.1) is 24.9 Å². The summed E-state index contributed by atoms with van der Waals surface area (Å²) in [6.45, 7) is 0.643. The van der Waals surface area contributed by atoms with Gasteiger partial charge in [-0.2, -0.15) is 0 Å². The first-order valence-corrected chi connectivity index (χ1v) is 8.71. The van der Waals surface area contributed by atoms with Crippen LogP contribution in [0.1, 0.15) is 28.3 Å². The predicted octanol–water partition coefficient (Wildman–Crippen LogP) is 1.25. The van der Waals surface area contributed by atoms with Gasteiger partial charge in [0.25, 0.3) is 5.91 Å². The van der Waals surface area contributed by atoms with E-state index >= 15 is 0 Å². The van der Waals surface area contributed by atoms with Gasteiger partial charge in [0.15, 0.2) is 5.69 Å². The van der Waals surface area contributed by atoms with Crippen LogP contribution in [0.15, 0.2) is 36.5 Å². The molecule has 2 N–H and O–H groups in total. The van der Waals surface area contributed by atoms with Gasteiger partial charge in [-0.1, -0.05) is 46.9 Å². The van der Waals surface area contributed by atoms with Crippen LogP contribution in [0, 0.1) is 0 Å². The highest BCUT2D eigenvalue weighted by atomic mass is 32.1. The second kappa shape index (κ2) is 6.34. The summed E-state index contributed by atoms with van der Waals surface area (Å²) >= 11 is 1.43. The first kappa shape index (κ1) is 15.9. The van der Waals surface area contributed by atoms with Crippen molar-refractivity contribution in [3.8, 4) is 10.6 Å². The molecule has 4 rings (SSSR count). The standard InChI is InChI=1S/C16H16N6O2S/c23-14(12-9-22(21-18-12)10-16(24)6-7-16)17-8-13-19-20-15(25-13)11-4-2-1-3-5-11/h1-5,9,24H,6-8,10H2,(H,17,23). The van der Waals surface area contributed by atoms with Crippen molar-refractivity contribution >= 4 is 17.2 Å². The van der Waals surface area contributed by atoms with E-state index in [2.05, 4.69) is 25.8 Å². The van der Waals surface area contributed by atoms with Gasteiger partial charge >= 0.3 is 0 Å². The second-order valence-electron chi connectivity index (χ2n) is 6.08. The van der Waals surface area contributed by atoms with Crippen LogP contribution in [0.4, 0.5) is 0 Å². The summed E-state index contributed by atoms with van der Waals surface area (Å²) in [6.07, 6.45) is 3.06. The van der Waals surface area contributed by atoms with Gasteiger partial charge in [-0.15, -0.1) is 15.3 Å². The number of hydrogen-bond acceptors (Lipinski definition) is 7. The number of carbonyl (C=O) groups excluding carboxylic acids is 1. The van der Waals surface area contributed by atoms with Gasteiger partial charge in [0, 0.05) is 5.56 Å². The number of benzene rings is 1. The lowest BCUT2D eigenvalue weighted by molar-refractivity contribution is 0.0945. The summed E-state index contributed by atoms with van der Waals surface area (Å²) < 4.78 is 1.50. The molecular formula is C16H16N6O2S. The number of nitrogens with one attached hydrogen (secondary N) is 1. The van der Waals surface area contributed by atoms with Crippen LogP contribution in [-0.2, 0) is 13.1 Å². The van der Waals surface area contributed by atoms with E-state index in [4.69, 9.17) is 0 Å². The highest BCUT2D eigenvalue weighted by Gasteiger charge is 2.41. The van der Waals surface area contributed by atoms with Gasteiger partial charge in [0.1, 0.15) is 10.0 Å². The summed E-state index contributed by atoms with van der Waals surface area (Å²) in [5.41, 5.74) is 0.539. The first-order valence-electron chi connectivity index (χ1n) is 7.90. The number of carbonyl (C=O) groups is 1. The number of aliphatic hydroxyl groups is 1. The van der Waals surface area contributed by atoms with Crippen LogP contribution in [-0.4, -0.2) is 41.8 Å². The molecule has 1 amide bonds. The summed E-state index contributed by atoms with van der Waals surface area (Å²) in [5, 5.41) is 30.1. The lowest BCUT2D eigenvalue weighted by atomic mass is 10.2. The van der Waals surface area contributed by atoms with Crippen LogP contribution in [0.5, 0.6) is 0 Å². The van der Waals surface area contributed by atoms with Crippen LogP contribution in [0.2, 0.25) is 0 Å². The molecular weight excluding hydrogens is 340 g/mol. The summed E-state index contributed by atoms with van der Waals surface area (Å²) in [4.78, 5) is 12.2. The molecule has 2 aromatic heterocycles. The summed E-state index contributed by atoms with van der Waals surface area (Å²) in [6, 6.07) is 9.77. The molecule has 0 unspecified atom stereocenters. The van der Waals surface area contributed by atoms with Crippen LogP contribution in [0.25, 0.3) is 10.6 Å². The van der Waals surface area contributed by atoms with Crippen molar-refractivity contribution in [2.75, 3.05) is 0 Å². The summed E-state index contributed by atoms with van der Waals surface area (Å²) in [5.74, 6) is -0.328.